The minimum atomic E-state index is -0.672. The van der Waals surface area contributed by atoms with Crippen LogP contribution in [0.5, 0.6) is 0 Å². The largest absolute Gasteiger partial charge is 0.463 e. The second-order valence-corrected chi connectivity index (χ2v) is 8.16. The van der Waals surface area contributed by atoms with Crippen molar-refractivity contribution < 1.29 is 18.8 Å². The molecule has 0 spiro atoms. The summed E-state index contributed by atoms with van der Waals surface area (Å²) >= 11 is 1.37. The molecule has 4 rings (SSSR count). The van der Waals surface area contributed by atoms with Crippen molar-refractivity contribution in [1.29, 1.82) is 0 Å². The number of allylic oxidation sites excluding steroid dienone is 1. The number of nitro benzene ring substituents is 1. The molecule has 0 amide bonds. The van der Waals surface area contributed by atoms with Gasteiger partial charge in [0.15, 0.2) is 0 Å². The average molecular weight is 469 g/mol. The van der Waals surface area contributed by atoms with E-state index in [-0.39, 0.29) is 18.1 Å². The first kappa shape index (κ1) is 22.5. The number of hydrogen-bond acceptors (Lipinski definition) is 8. The Balaban J connectivity index is 1.69. The second kappa shape index (κ2) is 9.41. The third-order valence-electron chi connectivity index (χ3n) is 5.03. The van der Waals surface area contributed by atoms with E-state index in [0.717, 1.165) is 5.56 Å². The molecule has 3 aromatic rings. The molecule has 33 heavy (non-hydrogen) atoms. The Hall–Kier alpha value is -3.73. The third-order valence-corrected chi connectivity index (χ3v) is 5.94. The number of non-ortho nitro benzene ring substituents is 1. The zero-order valence-corrected chi connectivity index (χ0v) is 18.6. The summed E-state index contributed by atoms with van der Waals surface area (Å²) in [5.41, 5.74) is 2.40. The molecular formula is C22H20FN5O4S. The first-order valence-electron chi connectivity index (χ1n) is 10.1. The number of fused-ring (bicyclic) bond motifs is 1. The average Bonchev–Trinajstić information content (AvgIpc) is 3.20. The molecule has 0 fully saturated rings. The summed E-state index contributed by atoms with van der Waals surface area (Å²) in [7, 11) is 0. The van der Waals surface area contributed by atoms with Crippen LogP contribution in [0.4, 0.5) is 16.0 Å². The third kappa shape index (κ3) is 4.72. The second-order valence-electron chi connectivity index (χ2n) is 7.21. The van der Waals surface area contributed by atoms with E-state index < -0.39 is 16.9 Å². The molecule has 2 heterocycles. The predicted octanol–water partition coefficient (Wildman–Crippen LogP) is 4.47. The maximum atomic E-state index is 13.1. The fourth-order valence-corrected chi connectivity index (χ4v) is 4.27. The smallest absolute Gasteiger partial charge is 0.338 e. The summed E-state index contributed by atoms with van der Waals surface area (Å²) in [6.45, 7) is 3.66. The number of nitrogens with zero attached hydrogens (tertiary/aromatic N) is 4. The first-order valence-corrected chi connectivity index (χ1v) is 11.1. The van der Waals surface area contributed by atoms with Crippen LogP contribution in [0.3, 0.4) is 0 Å². The Kier molecular flexibility index (Phi) is 6.40. The first-order chi connectivity index (χ1) is 15.9. The van der Waals surface area contributed by atoms with Crippen molar-refractivity contribution >= 4 is 29.4 Å². The number of esters is 1. The van der Waals surface area contributed by atoms with Gasteiger partial charge in [-0.25, -0.2) is 13.9 Å². The number of anilines is 1. The molecule has 0 saturated carbocycles. The van der Waals surface area contributed by atoms with Gasteiger partial charge in [-0.3, -0.25) is 10.1 Å². The van der Waals surface area contributed by atoms with Crippen LogP contribution in [0.2, 0.25) is 0 Å². The van der Waals surface area contributed by atoms with Gasteiger partial charge in [-0.05, 0) is 49.2 Å². The summed E-state index contributed by atoms with van der Waals surface area (Å²) < 4.78 is 20.0. The fourth-order valence-electron chi connectivity index (χ4n) is 3.48. The van der Waals surface area contributed by atoms with Gasteiger partial charge in [0.05, 0.1) is 17.1 Å². The van der Waals surface area contributed by atoms with E-state index in [1.54, 1.807) is 42.8 Å². The zero-order chi connectivity index (χ0) is 23.5. The van der Waals surface area contributed by atoms with Crippen molar-refractivity contribution in [2.24, 2.45) is 0 Å². The standard InChI is InChI=1S/C22H20FN5O4S/c1-3-32-20(29)18-13(2)24-21-25-22(33-12-14-4-8-16(23)9-5-14)26-27(21)19(18)15-6-10-17(11-7-15)28(30)31/h4-11,19H,3,12H2,1-2H3,(H,24,25,26)/t19-/m1/s1. The van der Waals surface area contributed by atoms with Gasteiger partial charge in [0.25, 0.3) is 5.69 Å². The van der Waals surface area contributed by atoms with Crippen molar-refractivity contribution in [3.8, 4) is 0 Å². The minimum Gasteiger partial charge on any atom is -0.463 e. The number of rotatable bonds is 7. The Morgan fingerprint density at radius 1 is 1.24 bits per heavy atom. The summed E-state index contributed by atoms with van der Waals surface area (Å²) in [4.78, 5) is 27.9. The van der Waals surface area contributed by atoms with Gasteiger partial charge in [0.1, 0.15) is 11.9 Å². The number of nitro groups is 1. The molecule has 11 heteroatoms. The van der Waals surface area contributed by atoms with Crippen LogP contribution in [-0.4, -0.2) is 32.3 Å². The van der Waals surface area contributed by atoms with E-state index in [4.69, 9.17) is 4.74 Å². The number of halogens is 1. The predicted molar refractivity (Wildman–Crippen MR) is 120 cm³/mol. The van der Waals surface area contributed by atoms with Gasteiger partial charge in [0, 0.05) is 23.6 Å². The van der Waals surface area contributed by atoms with Crippen molar-refractivity contribution in [1.82, 2.24) is 14.8 Å². The van der Waals surface area contributed by atoms with Gasteiger partial charge >= 0.3 is 5.97 Å². The number of ether oxygens (including phenoxy) is 1. The van der Waals surface area contributed by atoms with Crippen LogP contribution in [0.1, 0.15) is 31.0 Å². The van der Waals surface area contributed by atoms with Gasteiger partial charge in [-0.1, -0.05) is 23.9 Å². The molecule has 170 valence electrons. The normalized spacial score (nSPS) is 15.1. The molecule has 0 radical (unpaired) electrons. The zero-order valence-electron chi connectivity index (χ0n) is 17.8. The summed E-state index contributed by atoms with van der Waals surface area (Å²) in [5.74, 6) is 0.156. The van der Waals surface area contributed by atoms with Gasteiger partial charge in [-0.15, -0.1) is 5.10 Å². The summed E-state index contributed by atoms with van der Waals surface area (Å²) in [6.07, 6.45) is 0. The summed E-state index contributed by atoms with van der Waals surface area (Å²) in [5, 5.41) is 19.2. The fraction of sp³-hybridized carbons (Fsp3) is 0.227. The molecule has 0 saturated heterocycles. The number of benzene rings is 2. The van der Waals surface area contributed by atoms with Gasteiger partial charge < -0.3 is 10.1 Å². The highest BCUT2D eigenvalue weighted by Gasteiger charge is 2.35. The molecule has 1 aromatic heterocycles. The van der Waals surface area contributed by atoms with Crippen LogP contribution < -0.4 is 5.32 Å². The molecule has 0 unspecified atom stereocenters. The van der Waals surface area contributed by atoms with Crippen LogP contribution in [0.15, 0.2) is 65.0 Å². The number of carbonyl (C=O) groups excluding carboxylic acids is 1. The number of aromatic nitrogens is 3. The Labute approximate surface area is 192 Å². The molecule has 1 atom stereocenters. The Bertz CT molecular complexity index is 1220. The van der Waals surface area contributed by atoms with Crippen LogP contribution >= 0.6 is 11.8 Å². The maximum Gasteiger partial charge on any atom is 0.338 e. The van der Waals surface area contributed by atoms with Gasteiger partial charge in [0.2, 0.25) is 11.1 Å². The van der Waals surface area contributed by atoms with Crippen molar-refractivity contribution in [2.75, 3.05) is 11.9 Å². The van der Waals surface area contributed by atoms with Crippen molar-refractivity contribution in [2.45, 2.75) is 30.8 Å². The Morgan fingerprint density at radius 3 is 2.58 bits per heavy atom. The highest BCUT2D eigenvalue weighted by Crippen LogP contribution is 2.37. The van der Waals surface area contributed by atoms with Crippen molar-refractivity contribution in [3.05, 3.63) is 86.9 Å². The minimum absolute atomic E-state index is 0.0552. The number of nitrogens with one attached hydrogen (secondary N) is 1. The van der Waals surface area contributed by atoms with E-state index in [1.807, 2.05) is 0 Å². The lowest BCUT2D eigenvalue weighted by atomic mass is 9.95. The molecule has 1 N–H and O–H groups in total. The lowest BCUT2D eigenvalue weighted by Crippen LogP contribution is -2.29. The van der Waals surface area contributed by atoms with E-state index in [1.165, 1.54) is 36.0 Å². The highest BCUT2D eigenvalue weighted by atomic mass is 32.2. The topological polar surface area (TPSA) is 112 Å². The van der Waals surface area contributed by atoms with Crippen LogP contribution in [-0.2, 0) is 15.3 Å². The van der Waals surface area contributed by atoms with E-state index >= 15 is 0 Å². The highest BCUT2D eigenvalue weighted by molar-refractivity contribution is 7.98. The van der Waals surface area contributed by atoms with E-state index in [0.29, 0.717) is 33.7 Å². The SMILES string of the molecule is CCOC(=O)C1=C(C)Nc2nc(SCc3ccc(F)cc3)nn2[C@@H]1c1ccc([N+](=O)[O-])cc1. The number of hydrogen-bond donors (Lipinski definition) is 1. The lowest BCUT2D eigenvalue weighted by Gasteiger charge is -2.28. The maximum absolute atomic E-state index is 13.1. The molecule has 9 nitrogen and oxygen atoms in total. The number of carbonyl (C=O) groups is 1. The quantitative estimate of drug-likeness (QED) is 0.233. The molecule has 0 aliphatic carbocycles. The Morgan fingerprint density at radius 2 is 1.94 bits per heavy atom. The van der Waals surface area contributed by atoms with Crippen LogP contribution in [0, 0.1) is 15.9 Å². The molecule has 1 aliphatic rings. The summed E-state index contributed by atoms with van der Waals surface area (Å²) in [6, 6.07) is 11.5. The molecule has 1 aliphatic heterocycles. The monoisotopic (exact) mass is 469 g/mol. The van der Waals surface area contributed by atoms with Gasteiger partial charge in [-0.2, -0.15) is 4.98 Å². The van der Waals surface area contributed by atoms with E-state index in [9.17, 15) is 19.3 Å². The van der Waals surface area contributed by atoms with Crippen molar-refractivity contribution in [3.63, 3.8) is 0 Å². The van der Waals surface area contributed by atoms with Crippen LogP contribution in [0.25, 0.3) is 0 Å². The molecule has 2 aromatic carbocycles. The lowest BCUT2D eigenvalue weighted by molar-refractivity contribution is -0.384. The van der Waals surface area contributed by atoms with E-state index in [2.05, 4.69) is 15.4 Å². The molecule has 0 bridgehead atoms. The molecular weight excluding hydrogens is 449 g/mol. The number of thioether (sulfide) groups is 1.